The second kappa shape index (κ2) is 15.0. The van der Waals surface area contributed by atoms with Crippen molar-refractivity contribution in [2.75, 3.05) is 42.9 Å². The number of piperazine rings is 1. The smallest absolute Gasteiger partial charge is 0.274 e. The van der Waals surface area contributed by atoms with Gasteiger partial charge >= 0.3 is 0 Å². The van der Waals surface area contributed by atoms with Crippen LogP contribution in [-0.2, 0) is 9.59 Å². The highest BCUT2D eigenvalue weighted by atomic mass is 19.1. The van der Waals surface area contributed by atoms with Gasteiger partial charge in [-0.3, -0.25) is 29.4 Å². The molecule has 6 heterocycles. The topological polar surface area (TPSA) is 143 Å². The Labute approximate surface area is 312 Å². The second-order valence-corrected chi connectivity index (χ2v) is 15.5. The van der Waals surface area contributed by atoms with Gasteiger partial charge in [0, 0.05) is 82.3 Å². The molecule has 8 rings (SSSR count). The van der Waals surface area contributed by atoms with Crippen molar-refractivity contribution in [3.05, 3.63) is 82.3 Å². The van der Waals surface area contributed by atoms with Gasteiger partial charge in [0.1, 0.15) is 29.1 Å². The number of ether oxygens (including phenoxy) is 1. The number of rotatable bonds is 10. The molecule has 0 spiro atoms. The highest BCUT2D eigenvalue weighted by Gasteiger charge is 2.40. The van der Waals surface area contributed by atoms with Crippen LogP contribution in [0.15, 0.2) is 59.9 Å². The lowest BCUT2D eigenvalue weighted by molar-refractivity contribution is -0.134. The zero-order valence-corrected chi connectivity index (χ0v) is 30.7. The number of hydrogen-bond acceptors (Lipinski definition) is 9. The quantitative estimate of drug-likeness (QED) is 0.219. The number of piperidine rings is 1. The summed E-state index contributed by atoms with van der Waals surface area (Å²) in [4.78, 5) is 64.8. The molecule has 3 amide bonds. The Balaban J connectivity index is 0.859. The number of alkyl halides is 1. The van der Waals surface area contributed by atoms with Crippen LogP contribution in [0.2, 0.25) is 0 Å². The van der Waals surface area contributed by atoms with Crippen molar-refractivity contribution in [1.82, 2.24) is 29.2 Å². The number of pyridine rings is 3. The van der Waals surface area contributed by atoms with E-state index in [0.717, 1.165) is 75.5 Å². The van der Waals surface area contributed by atoms with Crippen LogP contribution in [0.25, 0.3) is 5.65 Å². The zero-order valence-electron chi connectivity index (χ0n) is 30.7. The number of hydrogen-bond donors (Lipinski definition) is 2. The van der Waals surface area contributed by atoms with E-state index in [1.54, 1.807) is 30.7 Å². The van der Waals surface area contributed by atoms with Gasteiger partial charge in [-0.1, -0.05) is 6.07 Å². The third kappa shape index (κ3) is 7.61. The Morgan fingerprint density at radius 3 is 2.50 bits per heavy atom. The van der Waals surface area contributed by atoms with E-state index in [0.29, 0.717) is 42.5 Å². The number of fused-ring (bicyclic) bond motifs is 1. The van der Waals surface area contributed by atoms with Gasteiger partial charge in [0.15, 0.2) is 0 Å². The molecular weight excluding hydrogens is 691 g/mol. The molecule has 0 radical (unpaired) electrons. The number of carbonyl (C=O) groups is 3. The lowest BCUT2D eigenvalue weighted by Crippen LogP contribution is -2.48. The van der Waals surface area contributed by atoms with Crippen LogP contribution < -0.4 is 25.8 Å². The molecular formula is C40H47FN8O5. The van der Waals surface area contributed by atoms with Crippen molar-refractivity contribution in [1.29, 1.82) is 0 Å². The molecule has 2 N–H and O–H groups in total. The summed E-state index contributed by atoms with van der Waals surface area (Å²) in [7, 11) is 0. The molecule has 3 atom stereocenters. The summed E-state index contributed by atoms with van der Waals surface area (Å²) in [5.74, 6) is 0.995. The van der Waals surface area contributed by atoms with Crippen LogP contribution in [0.1, 0.15) is 98.3 Å². The van der Waals surface area contributed by atoms with Crippen LogP contribution >= 0.6 is 0 Å². The van der Waals surface area contributed by atoms with Gasteiger partial charge in [-0.15, -0.1) is 0 Å². The van der Waals surface area contributed by atoms with Crippen LogP contribution in [0.5, 0.6) is 5.75 Å². The molecule has 13 nitrogen and oxygen atoms in total. The van der Waals surface area contributed by atoms with Gasteiger partial charge in [0.2, 0.25) is 11.8 Å². The fourth-order valence-electron chi connectivity index (χ4n) is 8.22. The van der Waals surface area contributed by atoms with E-state index in [1.165, 1.54) is 10.6 Å². The first-order chi connectivity index (χ1) is 26.1. The monoisotopic (exact) mass is 738 g/mol. The number of nitrogens with one attached hydrogen (secondary N) is 2. The van der Waals surface area contributed by atoms with E-state index in [-0.39, 0.29) is 35.1 Å². The highest BCUT2D eigenvalue weighted by Crippen LogP contribution is 2.38. The first-order valence-electron chi connectivity index (χ1n) is 19.2. The van der Waals surface area contributed by atoms with E-state index >= 15 is 0 Å². The maximum Gasteiger partial charge on any atom is 0.274 e. The molecule has 2 saturated carbocycles. The van der Waals surface area contributed by atoms with Crippen molar-refractivity contribution < 1.29 is 23.5 Å². The van der Waals surface area contributed by atoms with Gasteiger partial charge in [-0.2, -0.15) is 0 Å². The molecule has 0 bridgehead atoms. The predicted octanol–water partition coefficient (Wildman–Crippen LogP) is 4.83. The average molecular weight is 739 g/mol. The van der Waals surface area contributed by atoms with E-state index in [2.05, 4.69) is 25.4 Å². The number of nitrogens with zero attached hydrogens (tertiary/aromatic N) is 6. The molecule has 2 aliphatic heterocycles. The van der Waals surface area contributed by atoms with Gasteiger partial charge in [0.05, 0.1) is 29.3 Å². The third-order valence-electron chi connectivity index (χ3n) is 11.3. The van der Waals surface area contributed by atoms with E-state index in [4.69, 9.17) is 9.72 Å². The summed E-state index contributed by atoms with van der Waals surface area (Å²) in [6.45, 7) is 8.59. The molecule has 4 aliphatic rings. The second-order valence-electron chi connectivity index (χ2n) is 15.5. The summed E-state index contributed by atoms with van der Waals surface area (Å²) < 4.78 is 23.0. The Bertz CT molecular complexity index is 2100. The zero-order chi connectivity index (χ0) is 37.5. The molecule has 1 unspecified atom stereocenters. The Morgan fingerprint density at radius 2 is 1.81 bits per heavy atom. The summed E-state index contributed by atoms with van der Waals surface area (Å²) in [5.41, 5.74) is 2.50. The number of halogens is 1. The standard InChI is InChI=1S/C40H47FN8O5/c1-24(2)54-34-19-36-43-32(23-48(36)22-29(34)39(52)44-31-4-3-13-49(40(31)53)33-18-30(33)41)26-7-5-25(6-8-26)21-46-14-16-47(17-15-46)35-11-9-27(20-42-35)28-10-12-37(50)45-38(28)51/h3-4,9,11,13,19-20,22-26,28,30,33H,5-8,10,12,14-18,21H2,1-2H3,(H,44,52)(H,45,50,51)/t25-,26-,28?,30-,33+/m1/s1. The Hall–Kier alpha value is -5.11. The SMILES string of the molecule is CC(C)Oc1cc2nc([C@H]3CC[C@H](CN4CCN(c5ccc(C6CCC(=O)NC6=O)cn5)CC4)CC3)cn2cc1C(=O)Nc1cccn([C@H]2C[C@H]2F)c1=O. The predicted molar refractivity (Wildman–Crippen MR) is 201 cm³/mol. The van der Waals surface area contributed by atoms with Crippen molar-refractivity contribution in [3.63, 3.8) is 0 Å². The number of carbonyl (C=O) groups excluding carboxylic acids is 3. The molecule has 284 valence electrons. The molecule has 2 saturated heterocycles. The Kier molecular flexibility index (Phi) is 9.95. The first kappa shape index (κ1) is 35.9. The maximum absolute atomic E-state index is 13.7. The summed E-state index contributed by atoms with van der Waals surface area (Å²) in [6, 6.07) is 8.43. The van der Waals surface area contributed by atoms with Crippen LogP contribution in [0, 0.1) is 5.92 Å². The maximum atomic E-state index is 13.7. The van der Waals surface area contributed by atoms with E-state index in [9.17, 15) is 23.6 Å². The van der Waals surface area contributed by atoms with Crippen molar-refractivity contribution in [3.8, 4) is 5.75 Å². The summed E-state index contributed by atoms with van der Waals surface area (Å²) >= 11 is 0. The van der Waals surface area contributed by atoms with Crippen molar-refractivity contribution in [2.24, 2.45) is 5.92 Å². The largest absolute Gasteiger partial charge is 0.490 e. The van der Waals surface area contributed by atoms with Crippen LogP contribution in [0.4, 0.5) is 15.9 Å². The fraction of sp³-hybridized carbons (Fsp3) is 0.500. The minimum atomic E-state index is -1.04. The first-order valence-corrected chi connectivity index (χ1v) is 19.2. The van der Waals surface area contributed by atoms with Gasteiger partial charge in [0.25, 0.3) is 11.5 Å². The molecule has 4 aromatic heterocycles. The van der Waals surface area contributed by atoms with E-state index < -0.39 is 23.7 Å². The number of imidazole rings is 1. The Morgan fingerprint density at radius 1 is 1.04 bits per heavy atom. The normalized spacial score (nSPS) is 24.8. The van der Waals surface area contributed by atoms with Crippen molar-refractivity contribution in [2.45, 2.75) is 88.9 Å². The molecule has 4 aromatic rings. The highest BCUT2D eigenvalue weighted by molar-refractivity contribution is 6.06. The molecule has 0 aromatic carbocycles. The minimum Gasteiger partial charge on any atom is -0.490 e. The molecule has 2 aliphatic carbocycles. The lowest BCUT2D eigenvalue weighted by Gasteiger charge is -2.38. The van der Waals surface area contributed by atoms with Gasteiger partial charge < -0.3 is 23.9 Å². The van der Waals surface area contributed by atoms with Crippen LogP contribution in [0.3, 0.4) is 0 Å². The summed E-state index contributed by atoms with van der Waals surface area (Å²) in [6.07, 6.45) is 11.3. The number of anilines is 2. The number of amides is 3. The lowest BCUT2D eigenvalue weighted by atomic mass is 9.80. The fourth-order valence-corrected chi connectivity index (χ4v) is 8.22. The molecule has 54 heavy (non-hydrogen) atoms. The number of imide groups is 1. The van der Waals surface area contributed by atoms with Crippen LogP contribution in [-0.4, -0.2) is 86.6 Å². The third-order valence-corrected chi connectivity index (χ3v) is 11.3. The molecule has 14 heteroatoms. The van der Waals surface area contributed by atoms with E-state index in [1.807, 2.05) is 36.6 Å². The summed E-state index contributed by atoms with van der Waals surface area (Å²) in [5, 5.41) is 5.17. The van der Waals surface area contributed by atoms with Gasteiger partial charge in [-0.25, -0.2) is 14.4 Å². The minimum absolute atomic E-state index is 0.0949. The molecule has 4 fully saturated rings. The van der Waals surface area contributed by atoms with Crippen molar-refractivity contribution >= 4 is 34.9 Å². The van der Waals surface area contributed by atoms with Gasteiger partial charge in [-0.05, 0) is 75.6 Å². The number of aromatic nitrogens is 4. The average Bonchev–Trinajstić information content (AvgIpc) is 3.74.